The minimum atomic E-state index is -1.00. The lowest BCUT2D eigenvalue weighted by Gasteiger charge is -2.14. The van der Waals surface area contributed by atoms with Crippen LogP contribution in [-0.2, 0) is 4.79 Å². The number of ether oxygens (including phenoxy) is 1. The zero-order valence-corrected chi connectivity index (χ0v) is 10.3. The van der Waals surface area contributed by atoms with Crippen molar-refractivity contribution < 1.29 is 18.3 Å². The number of nitrogens with one attached hydrogen (secondary N) is 2. The highest BCUT2D eigenvalue weighted by atomic mass is 19.2. The normalized spacial score (nSPS) is 12.0. The molecule has 18 heavy (non-hydrogen) atoms. The van der Waals surface area contributed by atoms with E-state index < -0.39 is 17.7 Å². The van der Waals surface area contributed by atoms with Crippen LogP contribution in [0.25, 0.3) is 0 Å². The molecule has 0 bridgehead atoms. The van der Waals surface area contributed by atoms with Gasteiger partial charge in [0.2, 0.25) is 0 Å². The van der Waals surface area contributed by atoms with Crippen LogP contribution in [0.5, 0.6) is 5.75 Å². The van der Waals surface area contributed by atoms with Crippen molar-refractivity contribution in [1.82, 2.24) is 10.6 Å². The number of hydrogen-bond donors (Lipinski definition) is 2. The molecule has 0 radical (unpaired) electrons. The summed E-state index contributed by atoms with van der Waals surface area (Å²) in [7, 11) is 1.77. The van der Waals surface area contributed by atoms with Crippen molar-refractivity contribution in [2.75, 3.05) is 20.1 Å². The third-order valence-electron chi connectivity index (χ3n) is 2.25. The molecular weight excluding hydrogens is 242 g/mol. The first-order chi connectivity index (χ1) is 8.54. The molecule has 6 heteroatoms. The SMILES string of the molecule is CNCCNC(=O)C(C)Oc1ccc(F)c(F)c1. The lowest BCUT2D eigenvalue weighted by atomic mass is 10.3. The van der Waals surface area contributed by atoms with Crippen LogP contribution in [0.15, 0.2) is 18.2 Å². The molecule has 0 saturated heterocycles. The molecule has 0 aliphatic heterocycles. The van der Waals surface area contributed by atoms with Gasteiger partial charge in [-0.05, 0) is 26.1 Å². The summed E-state index contributed by atoms with van der Waals surface area (Å²) in [5.74, 6) is -2.15. The molecule has 1 rings (SSSR count). The predicted molar refractivity (Wildman–Crippen MR) is 63.4 cm³/mol. The van der Waals surface area contributed by atoms with Crippen molar-refractivity contribution in [3.8, 4) is 5.75 Å². The van der Waals surface area contributed by atoms with E-state index >= 15 is 0 Å². The minimum absolute atomic E-state index is 0.116. The Hall–Kier alpha value is -1.69. The number of rotatable bonds is 6. The molecule has 0 saturated carbocycles. The van der Waals surface area contributed by atoms with E-state index in [0.29, 0.717) is 13.1 Å². The van der Waals surface area contributed by atoms with Gasteiger partial charge in [0, 0.05) is 19.2 Å². The van der Waals surface area contributed by atoms with Gasteiger partial charge in [-0.3, -0.25) is 4.79 Å². The number of carbonyl (C=O) groups excluding carboxylic acids is 1. The molecule has 2 N–H and O–H groups in total. The summed E-state index contributed by atoms with van der Waals surface area (Å²) < 4.78 is 30.8. The first kappa shape index (κ1) is 14.4. The number of carbonyl (C=O) groups is 1. The maximum Gasteiger partial charge on any atom is 0.260 e. The Bertz CT molecular complexity index is 413. The second-order valence-electron chi connectivity index (χ2n) is 3.73. The Morgan fingerprint density at radius 1 is 1.33 bits per heavy atom. The van der Waals surface area contributed by atoms with Crippen molar-refractivity contribution in [1.29, 1.82) is 0 Å². The van der Waals surface area contributed by atoms with Crippen molar-refractivity contribution >= 4 is 5.91 Å². The zero-order valence-electron chi connectivity index (χ0n) is 10.3. The van der Waals surface area contributed by atoms with Crippen LogP contribution >= 0.6 is 0 Å². The van der Waals surface area contributed by atoms with E-state index in [9.17, 15) is 13.6 Å². The summed E-state index contributed by atoms with van der Waals surface area (Å²) in [6.45, 7) is 2.65. The fraction of sp³-hybridized carbons (Fsp3) is 0.417. The number of likely N-dealkylation sites (N-methyl/N-ethyl adjacent to an activating group) is 1. The van der Waals surface area contributed by atoms with Gasteiger partial charge in [-0.1, -0.05) is 0 Å². The highest BCUT2D eigenvalue weighted by Gasteiger charge is 2.14. The highest BCUT2D eigenvalue weighted by molar-refractivity contribution is 5.80. The third-order valence-corrected chi connectivity index (χ3v) is 2.25. The van der Waals surface area contributed by atoms with Gasteiger partial charge in [-0.15, -0.1) is 0 Å². The average molecular weight is 258 g/mol. The number of amides is 1. The van der Waals surface area contributed by atoms with Gasteiger partial charge in [0.25, 0.3) is 5.91 Å². The average Bonchev–Trinajstić information content (AvgIpc) is 2.34. The number of hydrogen-bond acceptors (Lipinski definition) is 3. The minimum Gasteiger partial charge on any atom is -0.481 e. The Labute approximate surface area is 104 Å². The predicted octanol–water partition coefficient (Wildman–Crippen LogP) is 1.07. The van der Waals surface area contributed by atoms with Gasteiger partial charge < -0.3 is 15.4 Å². The van der Waals surface area contributed by atoms with Gasteiger partial charge in [0.15, 0.2) is 17.7 Å². The molecule has 0 aromatic heterocycles. The zero-order chi connectivity index (χ0) is 13.5. The molecular formula is C12H16F2N2O2. The maximum atomic E-state index is 12.9. The molecule has 0 heterocycles. The van der Waals surface area contributed by atoms with Crippen LogP contribution in [0.3, 0.4) is 0 Å². The first-order valence-corrected chi connectivity index (χ1v) is 5.58. The van der Waals surface area contributed by atoms with Crippen LogP contribution in [0.1, 0.15) is 6.92 Å². The number of benzene rings is 1. The Morgan fingerprint density at radius 2 is 2.06 bits per heavy atom. The van der Waals surface area contributed by atoms with E-state index in [1.54, 1.807) is 7.05 Å². The fourth-order valence-electron chi connectivity index (χ4n) is 1.26. The lowest BCUT2D eigenvalue weighted by molar-refractivity contribution is -0.127. The summed E-state index contributed by atoms with van der Waals surface area (Å²) in [4.78, 5) is 11.5. The molecule has 0 aliphatic rings. The van der Waals surface area contributed by atoms with Gasteiger partial charge in [-0.25, -0.2) is 8.78 Å². The van der Waals surface area contributed by atoms with Crippen LogP contribution in [0.4, 0.5) is 8.78 Å². The highest BCUT2D eigenvalue weighted by Crippen LogP contribution is 2.16. The van der Waals surface area contributed by atoms with E-state index in [1.807, 2.05) is 0 Å². The Morgan fingerprint density at radius 3 is 2.67 bits per heavy atom. The maximum absolute atomic E-state index is 12.9. The topological polar surface area (TPSA) is 50.4 Å². The standard InChI is InChI=1S/C12H16F2N2O2/c1-8(12(17)16-6-5-15-2)18-9-3-4-10(13)11(14)7-9/h3-4,7-8,15H,5-6H2,1-2H3,(H,16,17). The molecule has 1 atom stereocenters. The summed E-state index contributed by atoms with van der Waals surface area (Å²) in [6, 6.07) is 3.14. The quantitative estimate of drug-likeness (QED) is 0.750. The molecule has 100 valence electrons. The smallest absolute Gasteiger partial charge is 0.260 e. The van der Waals surface area contributed by atoms with Gasteiger partial charge in [0.05, 0.1) is 0 Å². The van der Waals surface area contributed by atoms with Gasteiger partial charge in [-0.2, -0.15) is 0 Å². The molecule has 0 spiro atoms. The van der Waals surface area contributed by atoms with Crippen LogP contribution in [0.2, 0.25) is 0 Å². The van der Waals surface area contributed by atoms with Crippen molar-refractivity contribution in [3.63, 3.8) is 0 Å². The second kappa shape index (κ2) is 6.90. The Balaban J connectivity index is 2.50. The molecule has 1 aromatic rings. The largest absolute Gasteiger partial charge is 0.481 e. The van der Waals surface area contributed by atoms with Gasteiger partial charge >= 0.3 is 0 Å². The van der Waals surface area contributed by atoms with E-state index in [1.165, 1.54) is 13.0 Å². The van der Waals surface area contributed by atoms with E-state index in [-0.39, 0.29) is 11.7 Å². The van der Waals surface area contributed by atoms with Crippen molar-refractivity contribution in [2.45, 2.75) is 13.0 Å². The fourth-order valence-corrected chi connectivity index (χ4v) is 1.26. The summed E-state index contributed by atoms with van der Waals surface area (Å²) in [6.07, 6.45) is -0.772. The summed E-state index contributed by atoms with van der Waals surface area (Å²) >= 11 is 0. The lowest BCUT2D eigenvalue weighted by Crippen LogP contribution is -2.39. The summed E-state index contributed by atoms with van der Waals surface area (Å²) in [5.41, 5.74) is 0. The molecule has 0 aliphatic carbocycles. The monoisotopic (exact) mass is 258 g/mol. The summed E-state index contributed by atoms with van der Waals surface area (Å²) in [5, 5.41) is 5.51. The molecule has 1 aromatic carbocycles. The van der Waals surface area contributed by atoms with Gasteiger partial charge in [0.1, 0.15) is 5.75 Å². The van der Waals surface area contributed by atoms with E-state index in [2.05, 4.69) is 10.6 Å². The van der Waals surface area contributed by atoms with Crippen molar-refractivity contribution in [2.24, 2.45) is 0 Å². The van der Waals surface area contributed by atoms with E-state index in [4.69, 9.17) is 4.74 Å². The van der Waals surface area contributed by atoms with Crippen LogP contribution in [0, 0.1) is 11.6 Å². The van der Waals surface area contributed by atoms with Crippen molar-refractivity contribution in [3.05, 3.63) is 29.8 Å². The van der Waals surface area contributed by atoms with Crippen LogP contribution < -0.4 is 15.4 Å². The Kier molecular flexibility index (Phi) is 5.51. The molecule has 4 nitrogen and oxygen atoms in total. The second-order valence-corrected chi connectivity index (χ2v) is 3.73. The molecule has 1 unspecified atom stereocenters. The number of halogens is 2. The molecule has 1 amide bonds. The van der Waals surface area contributed by atoms with Crippen LogP contribution in [-0.4, -0.2) is 32.1 Å². The first-order valence-electron chi connectivity index (χ1n) is 5.58. The third kappa shape index (κ3) is 4.29. The van der Waals surface area contributed by atoms with E-state index in [0.717, 1.165) is 12.1 Å². The molecule has 0 fully saturated rings.